The molecule has 0 saturated heterocycles. The Morgan fingerprint density at radius 3 is 2.65 bits per heavy atom. The number of Topliss-reactive ketones (excluding diaryl/α,β-unsaturated/α-hetero) is 1. The quantitative estimate of drug-likeness (QED) is 0.859. The molecule has 7 heteroatoms. The molecule has 1 atom stereocenters. The summed E-state index contributed by atoms with van der Waals surface area (Å²) in [6.07, 6.45) is -1.22. The van der Waals surface area contributed by atoms with E-state index in [0.717, 1.165) is 12.1 Å². The summed E-state index contributed by atoms with van der Waals surface area (Å²) in [6.45, 7) is 0. The van der Waals surface area contributed by atoms with Crippen molar-refractivity contribution in [2.45, 2.75) is 12.3 Å². The van der Waals surface area contributed by atoms with Crippen molar-refractivity contribution in [1.82, 2.24) is 0 Å². The summed E-state index contributed by atoms with van der Waals surface area (Å²) in [5.74, 6) is -0.341. The Kier molecular flexibility index (Phi) is 3.63. The number of hydrogen-bond donors (Lipinski definition) is 0. The SMILES string of the molecule is CN(C1=COC(c2ccoc2)C1=O)c1cccc(C(F)(F)F)c1. The minimum absolute atomic E-state index is 0.176. The van der Waals surface area contributed by atoms with Crippen molar-refractivity contribution in [2.75, 3.05) is 11.9 Å². The Morgan fingerprint density at radius 1 is 1.22 bits per heavy atom. The molecule has 0 N–H and O–H groups in total. The summed E-state index contributed by atoms with van der Waals surface area (Å²) in [4.78, 5) is 13.8. The molecule has 0 aliphatic carbocycles. The second-order valence-electron chi connectivity index (χ2n) is 5.05. The maximum Gasteiger partial charge on any atom is 0.416 e. The van der Waals surface area contributed by atoms with E-state index in [0.29, 0.717) is 5.56 Å². The molecule has 2 heterocycles. The van der Waals surface area contributed by atoms with Gasteiger partial charge in [0.15, 0.2) is 6.10 Å². The minimum Gasteiger partial charge on any atom is -0.483 e. The third-order valence-corrected chi connectivity index (χ3v) is 3.57. The van der Waals surface area contributed by atoms with Gasteiger partial charge in [0.2, 0.25) is 5.78 Å². The number of hydrogen-bond acceptors (Lipinski definition) is 4. The molecule has 1 unspecified atom stereocenters. The maximum absolute atomic E-state index is 12.8. The lowest BCUT2D eigenvalue weighted by atomic mass is 10.1. The van der Waals surface area contributed by atoms with Gasteiger partial charge in [0, 0.05) is 18.3 Å². The van der Waals surface area contributed by atoms with Crippen LogP contribution in [0.3, 0.4) is 0 Å². The van der Waals surface area contributed by atoms with Crippen LogP contribution >= 0.6 is 0 Å². The van der Waals surface area contributed by atoms with E-state index in [-0.39, 0.29) is 17.2 Å². The highest BCUT2D eigenvalue weighted by Crippen LogP contribution is 2.35. The normalized spacial score (nSPS) is 17.8. The Hall–Kier alpha value is -2.70. The molecule has 1 aromatic heterocycles. The standard InChI is InChI=1S/C16H12F3NO3/c1-20(12-4-2-3-11(7-12)16(17,18)19)13-9-23-15(14(13)21)10-5-6-22-8-10/h2-9,15H,1H3. The summed E-state index contributed by atoms with van der Waals surface area (Å²) in [5.41, 5.74) is 0.199. The van der Waals surface area contributed by atoms with Crippen molar-refractivity contribution in [1.29, 1.82) is 0 Å². The number of alkyl halides is 3. The zero-order chi connectivity index (χ0) is 16.6. The fourth-order valence-electron chi connectivity index (χ4n) is 2.32. The van der Waals surface area contributed by atoms with Gasteiger partial charge in [-0.15, -0.1) is 0 Å². The van der Waals surface area contributed by atoms with Crippen molar-refractivity contribution in [3.63, 3.8) is 0 Å². The molecule has 3 rings (SSSR count). The summed E-state index contributed by atoms with van der Waals surface area (Å²) in [6, 6.07) is 6.35. The summed E-state index contributed by atoms with van der Waals surface area (Å²) < 4.78 is 48.6. The Labute approximate surface area is 129 Å². The summed E-state index contributed by atoms with van der Waals surface area (Å²) >= 11 is 0. The van der Waals surface area contributed by atoms with E-state index in [1.165, 1.54) is 42.9 Å². The zero-order valence-electron chi connectivity index (χ0n) is 12.0. The van der Waals surface area contributed by atoms with Crippen LogP contribution in [0, 0.1) is 0 Å². The van der Waals surface area contributed by atoms with Crippen molar-refractivity contribution < 1.29 is 27.1 Å². The molecule has 0 spiro atoms. The highest BCUT2D eigenvalue weighted by Gasteiger charge is 2.35. The largest absolute Gasteiger partial charge is 0.483 e. The van der Waals surface area contributed by atoms with Gasteiger partial charge in [0.1, 0.15) is 12.0 Å². The van der Waals surface area contributed by atoms with Crippen molar-refractivity contribution in [2.24, 2.45) is 0 Å². The zero-order valence-corrected chi connectivity index (χ0v) is 12.0. The molecule has 0 fully saturated rings. The van der Waals surface area contributed by atoms with E-state index in [9.17, 15) is 18.0 Å². The number of nitrogens with zero attached hydrogens (tertiary/aromatic N) is 1. The number of carbonyl (C=O) groups excluding carboxylic acids is 1. The minimum atomic E-state index is -4.44. The average Bonchev–Trinajstić information content (AvgIpc) is 3.15. The summed E-state index contributed by atoms with van der Waals surface area (Å²) in [7, 11) is 1.51. The Balaban J connectivity index is 1.84. The lowest BCUT2D eigenvalue weighted by Gasteiger charge is -2.20. The van der Waals surface area contributed by atoms with Crippen LogP contribution < -0.4 is 4.90 Å². The Bertz CT molecular complexity index is 750. The van der Waals surface area contributed by atoms with Gasteiger partial charge in [0.05, 0.1) is 18.1 Å². The van der Waals surface area contributed by atoms with Crippen LogP contribution in [0.5, 0.6) is 0 Å². The molecule has 0 saturated carbocycles. The van der Waals surface area contributed by atoms with Gasteiger partial charge in [-0.3, -0.25) is 4.79 Å². The van der Waals surface area contributed by atoms with Crippen LogP contribution in [-0.4, -0.2) is 12.8 Å². The van der Waals surface area contributed by atoms with E-state index in [1.807, 2.05) is 0 Å². The molecule has 1 aliphatic rings. The molecule has 0 amide bonds. The number of anilines is 1. The fraction of sp³-hybridized carbons (Fsp3) is 0.188. The number of rotatable bonds is 3. The van der Waals surface area contributed by atoms with Crippen molar-refractivity contribution >= 4 is 11.5 Å². The monoisotopic (exact) mass is 323 g/mol. The molecular formula is C16H12F3NO3. The van der Waals surface area contributed by atoms with Crippen LogP contribution in [0.25, 0.3) is 0 Å². The van der Waals surface area contributed by atoms with E-state index < -0.39 is 17.8 Å². The van der Waals surface area contributed by atoms with Crippen LogP contribution in [0.1, 0.15) is 17.2 Å². The first-order valence-corrected chi connectivity index (χ1v) is 6.71. The first kappa shape index (κ1) is 15.2. The Morgan fingerprint density at radius 2 is 2.00 bits per heavy atom. The van der Waals surface area contributed by atoms with Gasteiger partial charge in [0.25, 0.3) is 0 Å². The van der Waals surface area contributed by atoms with Crippen LogP contribution in [0.4, 0.5) is 18.9 Å². The lowest BCUT2D eigenvalue weighted by Crippen LogP contribution is -2.23. The predicted molar refractivity (Wildman–Crippen MR) is 75.5 cm³/mol. The molecule has 4 nitrogen and oxygen atoms in total. The highest BCUT2D eigenvalue weighted by atomic mass is 19.4. The number of furan rings is 1. The first-order valence-electron chi connectivity index (χ1n) is 6.71. The number of halogens is 3. The number of carbonyl (C=O) groups is 1. The molecule has 23 heavy (non-hydrogen) atoms. The molecule has 0 bridgehead atoms. The van der Waals surface area contributed by atoms with Gasteiger partial charge in [-0.1, -0.05) is 6.07 Å². The third-order valence-electron chi connectivity index (χ3n) is 3.57. The fourth-order valence-corrected chi connectivity index (χ4v) is 2.32. The van der Waals surface area contributed by atoms with Crippen LogP contribution in [0.15, 0.2) is 59.2 Å². The molecule has 1 aromatic carbocycles. The second-order valence-corrected chi connectivity index (χ2v) is 5.05. The van der Waals surface area contributed by atoms with Crippen LogP contribution in [0.2, 0.25) is 0 Å². The van der Waals surface area contributed by atoms with Gasteiger partial charge >= 0.3 is 6.18 Å². The van der Waals surface area contributed by atoms with E-state index in [1.54, 1.807) is 6.07 Å². The van der Waals surface area contributed by atoms with Gasteiger partial charge < -0.3 is 14.1 Å². The molecular weight excluding hydrogens is 311 g/mol. The molecule has 0 radical (unpaired) electrons. The van der Waals surface area contributed by atoms with Crippen molar-refractivity contribution in [3.8, 4) is 0 Å². The van der Waals surface area contributed by atoms with Crippen molar-refractivity contribution in [3.05, 3.63) is 65.9 Å². The summed E-state index contributed by atoms with van der Waals surface area (Å²) in [5, 5.41) is 0. The van der Waals surface area contributed by atoms with E-state index in [2.05, 4.69) is 0 Å². The average molecular weight is 323 g/mol. The maximum atomic E-state index is 12.8. The van der Waals surface area contributed by atoms with E-state index >= 15 is 0 Å². The second kappa shape index (κ2) is 5.49. The molecule has 2 aromatic rings. The van der Waals surface area contributed by atoms with E-state index in [4.69, 9.17) is 9.15 Å². The number of ether oxygens (including phenoxy) is 1. The van der Waals surface area contributed by atoms with Gasteiger partial charge in [-0.25, -0.2) is 0 Å². The first-order chi connectivity index (χ1) is 10.9. The lowest BCUT2D eigenvalue weighted by molar-refractivity contribution is -0.137. The number of benzene rings is 1. The van der Waals surface area contributed by atoms with Gasteiger partial charge in [-0.2, -0.15) is 13.2 Å². The molecule has 1 aliphatic heterocycles. The predicted octanol–water partition coefficient (Wildman–Crippen LogP) is 3.92. The third kappa shape index (κ3) is 2.81. The van der Waals surface area contributed by atoms with Crippen LogP contribution in [-0.2, 0) is 15.7 Å². The highest BCUT2D eigenvalue weighted by molar-refractivity contribution is 6.03. The number of likely N-dealkylation sites (N-methyl/N-ethyl adjacent to an activating group) is 1. The topological polar surface area (TPSA) is 42.7 Å². The molecule has 120 valence electrons. The smallest absolute Gasteiger partial charge is 0.416 e. The van der Waals surface area contributed by atoms with Gasteiger partial charge in [-0.05, 0) is 24.3 Å². The number of ketones is 1.